The quantitative estimate of drug-likeness (QED) is 0.428. The summed E-state index contributed by atoms with van der Waals surface area (Å²) in [5.74, 6) is 1.69. The summed E-state index contributed by atoms with van der Waals surface area (Å²) >= 11 is 2.93. The van der Waals surface area contributed by atoms with E-state index >= 15 is 0 Å². The van der Waals surface area contributed by atoms with Crippen LogP contribution in [0.3, 0.4) is 0 Å². The minimum Gasteiger partial charge on any atom is -0.325 e. The van der Waals surface area contributed by atoms with E-state index in [1.54, 1.807) is 0 Å². The highest BCUT2D eigenvalue weighted by atomic mass is 32.2. The van der Waals surface area contributed by atoms with Crippen molar-refractivity contribution < 1.29 is 4.79 Å². The van der Waals surface area contributed by atoms with Crippen LogP contribution >= 0.6 is 23.5 Å². The van der Waals surface area contributed by atoms with Gasteiger partial charge in [-0.15, -0.1) is 10.2 Å². The zero-order valence-electron chi connectivity index (χ0n) is 17.0. The monoisotopic (exact) mass is 428 g/mol. The van der Waals surface area contributed by atoms with E-state index in [2.05, 4.69) is 25.5 Å². The second-order valence-electron chi connectivity index (χ2n) is 6.52. The molecule has 29 heavy (non-hydrogen) atoms. The standard InChI is InChI=1S/C20H24N6OS2/c1-5-26-17(11-28-19-21-14(3)10-15(4)22-19)24-25-20(26)29-12-18(27)23-16-9-7-6-8-13(16)2/h6-10H,5,11-12H2,1-4H3,(H,23,27). The molecule has 0 spiro atoms. The Bertz CT molecular complexity index is 984. The molecule has 2 heterocycles. The van der Waals surface area contributed by atoms with E-state index in [-0.39, 0.29) is 11.7 Å². The van der Waals surface area contributed by atoms with Gasteiger partial charge < -0.3 is 9.88 Å². The summed E-state index contributed by atoms with van der Waals surface area (Å²) in [5, 5.41) is 13.0. The maximum Gasteiger partial charge on any atom is 0.234 e. The molecule has 0 atom stereocenters. The molecule has 0 aliphatic rings. The van der Waals surface area contributed by atoms with E-state index in [9.17, 15) is 4.79 Å². The Morgan fingerprint density at radius 2 is 1.79 bits per heavy atom. The number of nitrogens with zero attached hydrogens (tertiary/aromatic N) is 5. The molecule has 0 bridgehead atoms. The summed E-state index contributed by atoms with van der Waals surface area (Å²) in [5.41, 5.74) is 3.77. The number of hydrogen-bond acceptors (Lipinski definition) is 7. The van der Waals surface area contributed by atoms with Crippen LogP contribution in [0.25, 0.3) is 0 Å². The van der Waals surface area contributed by atoms with E-state index < -0.39 is 0 Å². The molecule has 0 unspecified atom stereocenters. The molecule has 3 rings (SSSR count). The van der Waals surface area contributed by atoms with Gasteiger partial charge in [0.1, 0.15) is 5.82 Å². The zero-order chi connectivity index (χ0) is 20.8. The Labute approximate surface area is 179 Å². The zero-order valence-corrected chi connectivity index (χ0v) is 18.6. The number of nitrogens with one attached hydrogen (secondary N) is 1. The Kier molecular flexibility index (Phi) is 7.27. The van der Waals surface area contributed by atoms with E-state index in [1.807, 2.05) is 62.6 Å². The molecule has 1 N–H and O–H groups in total. The minimum atomic E-state index is -0.0606. The molecule has 7 nitrogen and oxygen atoms in total. The summed E-state index contributed by atoms with van der Waals surface area (Å²) in [6.07, 6.45) is 0. The number of benzene rings is 1. The van der Waals surface area contributed by atoms with Gasteiger partial charge >= 0.3 is 0 Å². The van der Waals surface area contributed by atoms with Crippen molar-refractivity contribution in [2.24, 2.45) is 0 Å². The molecule has 3 aromatic rings. The number of anilines is 1. The van der Waals surface area contributed by atoms with E-state index in [0.717, 1.165) is 45.3 Å². The molecule has 152 valence electrons. The maximum absolute atomic E-state index is 12.3. The van der Waals surface area contributed by atoms with Crippen LogP contribution in [0.5, 0.6) is 0 Å². The molecule has 0 radical (unpaired) electrons. The lowest BCUT2D eigenvalue weighted by molar-refractivity contribution is -0.113. The topological polar surface area (TPSA) is 85.6 Å². The molecule has 0 saturated carbocycles. The van der Waals surface area contributed by atoms with Gasteiger partial charge in [0.05, 0.1) is 11.5 Å². The minimum absolute atomic E-state index is 0.0606. The molecule has 0 saturated heterocycles. The van der Waals surface area contributed by atoms with Crippen LogP contribution in [0.4, 0.5) is 5.69 Å². The van der Waals surface area contributed by atoms with Crippen LogP contribution in [-0.4, -0.2) is 36.4 Å². The van der Waals surface area contributed by atoms with Crippen molar-refractivity contribution in [3.05, 3.63) is 53.1 Å². The first-order valence-corrected chi connectivity index (χ1v) is 11.3. The van der Waals surface area contributed by atoms with Crippen LogP contribution in [-0.2, 0) is 17.1 Å². The van der Waals surface area contributed by atoms with Gasteiger partial charge in [-0.25, -0.2) is 9.97 Å². The van der Waals surface area contributed by atoms with E-state index in [0.29, 0.717) is 5.75 Å². The highest BCUT2D eigenvalue weighted by Gasteiger charge is 2.14. The lowest BCUT2D eigenvalue weighted by Crippen LogP contribution is -2.15. The Morgan fingerprint density at radius 1 is 1.07 bits per heavy atom. The molecular weight excluding hydrogens is 404 g/mol. The molecule has 0 aliphatic heterocycles. The van der Waals surface area contributed by atoms with Crippen LogP contribution in [0.15, 0.2) is 40.6 Å². The highest BCUT2D eigenvalue weighted by Crippen LogP contribution is 2.23. The Hall–Kier alpha value is -2.39. The third kappa shape index (κ3) is 5.80. The van der Waals surface area contributed by atoms with Crippen molar-refractivity contribution in [1.29, 1.82) is 0 Å². The number of carbonyl (C=O) groups is 1. The van der Waals surface area contributed by atoms with Gasteiger partial charge in [0, 0.05) is 23.6 Å². The Morgan fingerprint density at radius 3 is 2.48 bits per heavy atom. The number of rotatable bonds is 8. The normalized spacial score (nSPS) is 10.9. The fourth-order valence-electron chi connectivity index (χ4n) is 2.77. The summed E-state index contributed by atoms with van der Waals surface area (Å²) < 4.78 is 2.03. The average Bonchev–Trinajstić information content (AvgIpc) is 3.07. The first-order chi connectivity index (χ1) is 14.0. The van der Waals surface area contributed by atoms with E-state index in [1.165, 1.54) is 23.5 Å². The highest BCUT2D eigenvalue weighted by molar-refractivity contribution is 7.99. The predicted octanol–water partition coefficient (Wildman–Crippen LogP) is 4.04. The van der Waals surface area contributed by atoms with Crippen molar-refractivity contribution >= 4 is 35.1 Å². The lowest BCUT2D eigenvalue weighted by Gasteiger charge is -2.09. The summed E-state index contributed by atoms with van der Waals surface area (Å²) in [6.45, 7) is 8.68. The second-order valence-corrected chi connectivity index (χ2v) is 8.40. The molecule has 0 aliphatic carbocycles. The predicted molar refractivity (Wildman–Crippen MR) is 117 cm³/mol. The van der Waals surface area contributed by atoms with Gasteiger partial charge in [0.2, 0.25) is 5.91 Å². The van der Waals surface area contributed by atoms with Gasteiger partial charge in [0.15, 0.2) is 10.3 Å². The third-order valence-corrected chi connectivity index (χ3v) is 5.96. The van der Waals surface area contributed by atoms with Gasteiger partial charge in [0.25, 0.3) is 0 Å². The average molecular weight is 429 g/mol. The van der Waals surface area contributed by atoms with E-state index in [4.69, 9.17) is 0 Å². The van der Waals surface area contributed by atoms with Crippen molar-refractivity contribution in [3.8, 4) is 0 Å². The molecule has 9 heteroatoms. The van der Waals surface area contributed by atoms with Gasteiger partial charge in [-0.2, -0.15) is 0 Å². The Balaban J connectivity index is 1.60. The first-order valence-electron chi connectivity index (χ1n) is 9.31. The van der Waals surface area contributed by atoms with Crippen LogP contribution in [0.2, 0.25) is 0 Å². The fraction of sp³-hybridized carbons (Fsp3) is 0.350. The number of para-hydroxylation sites is 1. The largest absolute Gasteiger partial charge is 0.325 e. The van der Waals surface area contributed by atoms with Gasteiger partial charge in [-0.3, -0.25) is 4.79 Å². The number of hydrogen-bond donors (Lipinski definition) is 1. The maximum atomic E-state index is 12.3. The summed E-state index contributed by atoms with van der Waals surface area (Å²) in [7, 11) is 0. The van der Waals surface area contributed by atoms with Crippen molar-refractivity contribution in [3.63, 3.8) is 0 Å². The molecule has 1 amide bonds. The number of carbonyl (C=O) groups excluding carboxylic acids is 1. The number of amides is 1. The molecule has 1 aromatic carbocycles. The number of aryl methyl sites for hydroxylation is 3. The van der Waals surface area contributed by atoms with Crippen LogP contribution in [0, 0.1) is 20.8 Å². The third-order valence-electron chi connectivity index (χ3n) is 4.15. The van der Waals surface area contributed by atoms with Gasteiger partial charge in [-0.05, 0) is 45.4 Å². The molecule has 0 fully saturated rings. The molecular formula is C20H24N6OS2. The molecule has 2 aromatic heterocycles. The van der Waals surface area contributed by atoms with Crippen LogP contribution < -0.4 is 5.32 Å². The fourth-order valence-corrected chi connectivity index (χ4v) is 4.48. The van der Waals surface area contributed by atoms with Crippen LogP contribution in [0.1, 0.15) is 29.7 Å². The van der Waals surface area contributed by atoms with Crippen molar-refractivity contribution in [2.45, 2.75) is 50.3 Å². The number of thioether (sulfide) groups is 2. The second kappa shape index (κ2) is 9.89. The smallest absolute Gasteiger partial charge is 0.234 e. The van der Waals surface area contributed by atoms with Crippen molar-refractivity contribution in [1.82, 2.24) is 24.7 Å². The SMILES string of the molecule is CCn1c(CSc2nc(C)cc(C)n2)nnc1SCC(=O)Nc1ccccc1C. The first kappa shape index (κ1) is 21.3. The van der Waals surface area contributed by atoms with Crippen molar-refractivity contribution in [2.75, 3.05) is 11.1 Å². The summed E-state index contributed by atoms with van der Waals surface area (Å²) in [6, 6.07) is 9.69. The number of aromatic nitrogens is 5. The van der Waals surface area contributed by atoms with Gasteiger partial charge in [-0.1, -0.05) is 41.7 Å². The summed E-state index contributed by atoms with van der Waals surface area (Å²) in [4.78, 5) is 21.2. The lowest BCUT2D eigenvalue weighted by atomic mass is 10.2.